The summed E-state index contributed by atoms with van der Waals surface area (Å²) in [4.78, 5) is 0. The van der Waals surface area contributed by atoms with Crippen molar-refractivity contribution in [2.45, 2.75) is 25.7 Å². The Balaban J connectivity index is 1.43. The third kappa shape index (κ3) is 3.44. The molecule has 2 aliphatic carbocycles. The zero-order valence-electron chi connectivity index (χ0n) is 10.4. The number of fused-ring (bicyclic) bond motifs is 2. The summed E-state index contributed by atoms with van der Waals surface area (Å²) in [5.74, 6) is 3.05. The SMILES string of the molecule is COCCOCCNCC1CC2CCC1C2. The van der Waals surface area contributed by atoms with Crippen LogP contribution in [0.4, 0.5) is 0 Å². The van der Waals surface area contributed by atoms with Crippen molar-refractivity contribution in [3.63, 3.8) is 0 Å². The molecule has 94 valence electrons. The average molecular weight is 227 g/mol. The standard InChI is InChI=1S/C13H25NO2/c1-15-6-7-16-5-4-14-10-13-9-11-2-3-12(13)8-11/h11-14H,2-10H2,1H3. The zero-order chi connectivity index (χ0) is 11.2. The number of methoxy groups -OCH3 is 1. The van der Waals surface area contributed by atoms with Gasteiger partial charge in [-0.3, -0.25) is 0 Å². The molecule has 16 heavy (non-hydrogen) atoms. The van der Waals surface area contributed by atoms with Gasteiger partial charge in [-0.1, -0.05) is 6.42 Å². The first kappa shape index (κ1) is 12.3. The van der Waals surface area contributed by atoms with E-state index in [4.69, 9.17) is 9.47 Å². The molecule has 0 amide bonds. The molecular formula is C13H25NO2. The molecule has 2 fully saturated rings. The normalized spacial score (nSPS) is 32.4. The molecule has 0 saturated heterocycles. The van der Waals surface area contributed by atoms with E-state index in [-0.39, 0.29) is 0 Å². The highest BCUT2D eigenvalue weighted by atomic mass is 16.5. The van der Waals surface area contributed by atoms with Gasteiger partial charge in [0, 0.05) is 13.7 Å². The van der Waals surface area contributed by atoms with E-state index in [0.717, 1.165) is 30.9 Å². The van der Waals surface area contributed by atoms with E-state index in [1.807, 2.05) is 0 Å². The van der Waals surface area contributed by atoms with E-state index >= 15 is 0 Å². The van der Waals surface area contributed by atoms with Gasteiger partial charge < -0.3 is 14.8 Å². The largest absolute Gasteiger partial charge is 0.382 e. The van der Waals surface area contributed by atoms with E-state index in [1.54, 1.807) is 7.11 Å². The smallest absolute Gasteiger partial charge is 0.0700 e. The van der Waals surface area contributed by atoms with Crippen LogP contribution in [0.5, 0.6) is 0 Å². The van der Waals surface area contributed by atoms with Gasteiger partial charge >= 0.3 is 0 Å². The lowest BCUT2D eigenvalue weighted by Crippen LogP contribution is -2.29. The summed E-state index contributed by atoms with van der Waals surface area (Å²) in [6.45, 7) is 4.41. The Morgan fingerprint density at radius 2 is 2.06 bits per heavy atom. The molecule has 0 aromatic heterocycles. The van der Waals surface area contributed by atoms with Crippen molar-refractivity contribution < 1.29 is 9.47 Å². The Bertz CT molecular complexity index is 198. The molecule has 2 rings (SSSR count). The highest BCUT2D eigenvalue weighted by Crippen LogP contribution is 2.47. The van der Waals surface area contributed by atoms with Crippen LogP contribution < -0.4 is 5.32 Å². The van der Waals surface area contributed by atoms with E-state index < -0.39 is 0 Å². The van der Waals surface area contributed by atoms with E-state index in [9.17, 15) is 0 Å². The van der Waals surface area contributed by atoms with E-state index in [0.29, 0.717) is 13.2 Å². The molecule has 3 heteroatoms. The average Bonchev–Trinajstić information content (AvgIpc) is 2.90. The molecule has 1 N–H and O–H groups in total. The Hall–Kier alpha value is -0.120. The van der Waals surface area contributed by atoms with Gasteiger partial charge in [0.2, 0.25) is 0 Å². The number of hydrogen-bond donors (Lipinski definition) is 1. The van der Waals surface area contributed by atoms with Crippen molar-refractivity contribution in [1.82, 2.24) is 5.32 Å². The lowest BCUT2D eigenvalue weighted by Gasteiger charge is -2.21. The topological polar surface area (TPSA) is 30.5 Å². The summed E-state index contributed by atoms with van der Waals surface area (Å²) in [5.41, 5.74) is 0. The zero-order valence-corrected chi connectivity index (χ0v) is 10.4. The molecule has 0 spiro atoms. The maximum atomic E-state index is 5.41. The molecule has 3 nitrogen and oxygen atoms in total. The van der Waals surface area contributed by atoms with Gasteiger partial charge in [0.1, 0.15) is 0 Å². The lowest BCUT2D eigenvalue weighted by molar-refractivity contribution is 0.0714. The fourth-order valence-electron chi connectivity index (χ4n) is 3.30. The van der Waals surface area contributed by atoms with Crippen LogP contribution in [0.1, 0.15) is 25.7 Å². The van der Waals surface area contributed by atoms with Crippen LogP contribution in [-0.4, -0.2) is 40.0 Å². The lowest BCUT2D eigenvalue weighted by atomic mass is 9.89. The molecule has 2 bridgehead atoms. The third-order valence-electron chi connectivity index (χ3n) is 4.15. The first-order chi connectivity index (χ1) is 7.90. The monoisotopic (exact) mass is 227 g/mol. The maximum Gasteiger partial charge on any atom is 0.0700 e. The minimum absolute atomic E-state index is 0.701. The van der Waals surface area contributed by atoms with Crippen LogP contribution >= 0.6 is 0 Å². The fraction of sp³-hybridized carbons (Fsp3) is 1.00. The first-order valence-electron chi connectivity index (χ1n) is 6.67. The summed E-state index contributed by atoms with van der Waals surface area (Å²) < 4.78 is 10.3. The van der Waals surface area contributed by atoms with Crippen molar-refractivity contribution in [2.24, 2.45) is 17.8 Å². The Kier molecular flexibility index (Phi) is 5.07. The maximum absolute atomic E-state index is 5.41. The summed E-state index contributed by atoms with van der Waals surface area (Å²) in [6.07, 6.45) is 5.97. The summed E-state index contributed by atoms with van der Waals surface area (Å²) in [7, 11) is 1.71. The van der Waals surface area contributed by atoms with E-state index in [2.05, 4.69) is 5.32 Å². The van der Waals surface area contributed by atoms with Crippen molar-refractivity contribution in [1.29, 1.82) is 0 Å². The Labute approximate surface area is 98.9 Å². The number of nitrogens with one attached hydrogen (secondary N) is 1. The predicted molar refractivity (Wildman–Crippen MR) is 64.5 cm³/mol. The molecule has 2 aliphatic rings. The Morgan fingerprint density at radius 1 is 1.12 bits per heavy atom. The molecule has 3 unspecified atom stereocenters. The first-order valence-corrected chi connectivity index (χ1v) is 6.67. The van der Waals surface area contributed by atoms with Crippen LogP contribution in [0.15, 0.2) is 0 Å². The van der Waals surface area contributed by atoms with Gasteiger partial charge in [0.05, 0.1) is 19.8 Å². The highest BCUT2D eigenvalue weighted by molar-refractivity contribution is 4.90. The second-order valence-corrected chi connectivity index (χ2v) is 5.24. The minimum atomic E-state index is 0.701. The number of rotatable bonds is 8. The molecule has 2 saturated carbocycles. The summed E-state index contributed by atoms with van der Waals surface area (Å²) in [5, 5.41) is 3.52. The predicted octanol–water partition coefficient (Wildman–Crippen LogP) is 1.68. The second-order valence-electron chi connectivity index (χ2n) is 5.24. The minimum Gasteiger partial charge on any atom is -0.382 e. The van der Waals surface area contributed by atoms with Crippen molar-refractivity contribution >= 4 is 0 Å². The van der Waals surface area contributed by atoms with Crippen molar-refractivity contribution in [3.05, 3.63) is 0 Å². The molecule has 0 aromatic rings. The third-order valence-corrected chi connectivity index (χ3v) is 4.15. The van der Waals surface area contributed by atoms with Crippen molar-refractivity contribution in [2.75, 3.05) is 40.0 Å². The Morgan fingerprint density at radius 3 is 2.75 bits per heavy atom. The molecule has 0 aromatic carbocycles. The van der Waals surface area contributed by atoms with Crippen molar-refractivity contribution in [3.8, 4) is 0 Å². The van der Waals surface area contributed by atoms with Gasteiger partial charge in [0.15, 0.2) is 0 Å². The quantitative estimate of drug-likeness (QED) is 0.640. The second kappa shape index (κ2) is 6.58. The van der Waals surface area contributed by atoms with Crippen LogP contribution in [0.3, 0.4) is 0 Å². The number of ether oxygens (including phenoxy) is 2. The fourth-order valence-corrected chi connectivity index (χ4v) is 3.30. The van der Waals surface area contributed by atoms with Crippen LogP contribution in [-0.2, 0) is 9.47 Å². The van der Waals surface area contributed by atoms with Gasteiger partial charge in [-0.2, -0.15) is 0 Å². The van der Waals surface area contributed by atoms with Crippen LogP contribution in [0, 0.1) is 17.8 Å². The molecule has 0 aliphatic heterocycles. The van der Waals surface area contributed by atoms with Crippen LogP contribution in [0.25, 0.3) is 0 Å². The number of hydrogen-bond acceptors (Lipinski definition) is 3. The molecule has 3 atom stereocenters. The van der Waals surface area contributed by atoms with E-state index in [1.165, 1.54) is 32.2 Å². The highest BCUT2D eigenvalue weighted by Gasteiger charge is 2.38. The molecule has 0 radical (unpaired) electrons. The van der Waals surface area contributed by atoms with Gasteiger partial charge in [-0.25, -0.2) is 0 Å². The van der Waals surface area contributed by atoms with Gasteiger partial charge in [-0.15, -0.1) is 0 Å². The summed E-state index contributed by atoms with van der Waals surface area (Å²) >= 11 is 0. The van der Waals surface area contributed by atoms with Gasteiger partial charge in [-0.05, 0) is 43.6 Å². The molecule has 0 heterocycles. The van der Waals surface area contributed by atoms with Crippen LogP contribution in [0.2, 0.25) is 0 Å². The van der Waals surface area contributed by atoms with Gasteiger partial charge in [0.25, 0.3) is 0 Å². The molecular weight excluding hydrogens is 202 g/mol. The summed E-state index contributed by atoms with van der Waals surface area (Å²) in [6, 6.07) is 0.